The summed E-state index contributed by atoms with van der Waals surface area (Å²) < 4.78 is 0.646. The first-order valence-electron chi connectivity index (χ1n) is 4.14. The summed E-state index contributed by atoms with van der Waals surface area (Å²) in [7, 11) is 0. The van der Waals surface area contributed by atoms with E-state index >= 15 is 0 Å². The van der Waals surface area contributed by atoms with E-state index in [9.17, 15) is 0 Å². The van der Waals surface area contributed by atoms with Gasteiger partial charge in [-0.25, -0.2) is 0 Å². The van der Waals surface area contributed by atoms with Crippen LogP contribution in [-0.2, 0) is 13.2 Å². The number of halogens is 2. The van der Waals surface area contributed by atoms with Crippen LogP contribution in [-0.4, -0.2) is 21.8 Å². The molecular weight excluding hydrogens is 427 g/mol. The maximum absolute atomic E-state index is 4.89. The normalized spacial score (nSPS) is 8.94. The Hall–Kier alpha value is 0.643. The molecule has 1 aromatic heterocycles. The standard InChI is InChI=1S/C8H9N3S2.2BrH.Zn/c1-13-8(12)11-10-6-7-4-2-3-5-9-7;;;/h2-6H,1H3,(H,11,12);2*1H;/q;;;+2/p-2/b10-6+;;;. The molecule has 0 aromatic carbocycles. The summed E-state index contributed by atoms with van der Waals surface area (Å²) >= 11 is 12.6. The molecule has 0 amide bonds. The summed E-state index contributed by atoms with van der Waals surface area (Å²) in [4.78, 5) is 4.06. The molecule has 8 heteroatoms. The number of thiocarbonyl (C=S) groups is 1. The van der Waals surface area contributed by atoms with E-state index in [2.05, 4.69) is 42.8 Å². The zero-order valence-electron chi connectivity index (χ0n) is 8.56. The molecule has 0 aliphatic rings. The van der Waals surface area contributed by atoms with Crippen molar-refractivity contribution in [1.29, 1.82) is 0 Å². The van der Waals surface area contributed by atoms with Gasteiger partial charge in [0.05, 0.1) is 11.9 Å². The quantitative estimate of drug-likeness (QED) is 0.334. The number of nitrogens with zero attached hydrogens (tertiary/aromatic N) is 2. The van der Waals surface area contributed by atoms with Gasteiger partial charge in [0.15, 0.2) is 4.32 Å². The monoisotopic (exact) mass is 433 g/mol. The Morgan fingerprint density at radius 1 is 1.62 bits per heavy atom. The first-order chi connectivity index (χ1) is 7.74. The number of hydrazone groups is 1. The minimum absolute atomic E-state index is 0.250. The molecule has 1 N–H and O–H groups in total. The number of hydrogen-bond donors (Lipinski definition) is 1. The van der Waals surface area contributed by atoms with Crippen LogP contribution in [0.1, 0.15) is 5.69 Å². The van der Waals surface area contributed by atoms with Gasteiger partial charge in [-0.15, -0.1) is 0 Å². The molecule has 1 rings (SSSR count). The molecule has 0 unspecified atom stereocenters. The summed E-state index contributed by atoms with van der Waals surface area (Å²) in [5.41, 5.74) is 3.51. The predicted molar refractivity (Wildman–Crippen MR) is 78.9 cm³/mol. The van der Waals surface area contributed by atoms with Crippen LogP contribution in [0.3, 0.4) is 0 Å². The molecule has 0 radical (unpaired) electrons. The molecule has 84 valence electrons. The van der Waals surface area contributed by atoms with Crippen LogP contribution in [0, 0.1) is 0 Å². The SMILES string of the molecule is CSC(=S)N/N=C/c1ccccn1.[Br][Zn][Br]. The Labute approximate surface area is 126 Å². The third-order valence-corrected chi connectivity index (χ3v) is 2.28. The fraction of sp³-hybridized carbons (Fsp3) is 0.125. The van der Waals surface area contributed by atoms with Crippen molar-refractivity contribution in [2.45, 2.75) is 0 Å². The van der Waals surface area contributed by atoms with Gasteiger partial charge in [-0.1, -0.05) is 30.0 Å². The molecule has 3 nitrogen and oxygen atoms in total. The molecular formula is C8H9Br2N3S2Zn. The van der Waals surface area contributed by atoms with Crippen molar-refractivity contribution in [3.05, 3.63) is 30.1 Å². The third kappa shape index (κ3) is 9.84. The zero-order valence-corrected chi connectivity index (χ0v) is 16.3. The Bertz CT molecular complexity index is 324. The van der Waals surface area contributed by atoms with Gasteiger partial charge in [0.1, 0.15) is 0 Å². The number of hydrogen-bond acceptors (Lipinski definition) is 4. The second-order valence-corrected chi connectivity index (χ2v) is 17.8. The van der Waals surface area contributed by atoms with E-state index in [-0.39, 0.29) is 13.2 Å². The maximum atomic E-state index is 4.89. The van der Waals surface area contributed by atoms with E-state index in [0.717, 1.165) is 5.69 Å². The van der Waals surface area contributed by atoms with Gasteiger partial charge in [0.25, 0.3) is 0 Å². The van der Waals surface area contributed by atoms with Crippen LogP contribution in [0.5, 0.6) is 0 Å². The first-order valence-corrected chi connectivity index (χ1v) is 19.7. The summed E-state index contributed by atoms with van der Waals surface area (Å²) in [6, 6.07) is 5.63. The molecule has 0 spiro atoms. The topological polar surface area (TPSA) is 37.3 Å². The average molecular weight is 437 g/mol. The number of aromatic nitrogens is 1. The van der Waals surface area contributed by atoms with Gasteiger partial charge in [-0.3, -0.25) is 10.4 Å². The van der Waals surface area contributed by atoms with Crippen molar-refractivity contribution in [3.63, 3.8) is 0 Å². The first kappa shape index (κ1) is 16.6. The van der Waals surface area contributed by atoms with Crippen LogP contribution >= 0.6 is 51.2 Å². The molecule has 16 heavy (non-hydrogen) atoms. The van der Waals surface area contributed by atoms with Gasteiger partial charge in [0, 0.05) is 6.20 Å². The van der Waals surface area contributed by atoms with Gasteiger partial charge in [0.2, 0.25) is 0 Å². The molecule has 1 aromatic rings. The van der Waals surface area contributed by atoms with Gasteiger partial charge < -0.3 is 0 Å². The Kier molecular flexibility index (Phi) is 12.6. The second-order valence-electron chi connectivity index (χ2n) is 2.22. The Morgan fingerprint density at radius 3 is 2.81 bits per heavy atom. The summed E-state index contributed by atoms with van der Waals surface area (Å²) in [6.07, 6.45) is 5.24. The molecule has 0 bridgehead atoms. The van der Waals surface area contributed by atoms with Crippen molar-refractivity contribution < 1.29 is 13.2 Å². The fourth-order valence-corrected chi connectivity index (χ4v) is 0.846. The van der Waals surface area contributed by atoms with E-state index in [0.29, 0.717) is 4.32 Å². The fourth-order valence-electron chi connectivity index (χ4n) is 0.649. The molecule has 0 saturated carbocycles. The summed E-state index contributed by atoms with van der Waals surface area (Å²) in [5, 5.41) is 3.91. The van der Waals surface area contributed by atoms with Gasteiger partial charge >= 0.3 is 40.5 Å². The van der Waals surface area contributed by atoms with Crippen molar-refractivity contribution in [2.24, 2.45) is 5.10 Å². The van der Waals surface area contributed by atoms with Crippen molar-refractivity contribution in [2.75, 3.05) is 6.26 Å². The Morgan fingerprint density at radius 2 is 2.31 bits per heavy atom. The number of rotatable bonds is 2. The van der Waals surface area contributed by atoms with Crippen molar-refractivity contribution in [1.82, 2.24) is 10.4 Å². The van der Waals surface area contributed by atoms with Crippen LogP contribution in [0.2, 0.25) is 0 Å². The van der Waals surface area contributed by atoms with E-state index in [1.165, 1.54) is 11.8 Å². The number of nitrogens with one attached hydrogen (secondary N) is 1. The van der Waals surface area contributed by atoms with Crippen molar-refractivity contribution in [3.8, 4) is 0 Å². The molecule has 1 heterocycles. The third-order valence-electron chi connectivity index (χ3n) is 1.23. The minimum atomic E-state index is -0.250. The van der Waals surface area contributed by atoms with Gasteiger partial charge in [-0.05, 0) is 18.4 Å². The molecule has 0 aliphatic carbocycles. The molecule has 0 aliphatic heterocycles. The second kappa shape index (κ2) is 12.1. The van der Waals surface area contributed by atoms with Crippen LogP contribution < -0.4 is 5.43 Å². The van der Waals surface area contributed by atoms with E-state index in [4.69, 9.17) is 12.2 Å². The number of thioether (sulfide) groups is 1. The van der Waals surface area contributed by atoms with Crippen LogP contribution in [0.25, 0.3) is 0 Å². The molecule has 0 saturated heterocycles. The number of pyridine rings is 1. The van der Waals surface area contributed by atoms with E-state index < -0.39 is 0 Å². The van der Waals surface area contributed by atoms with E-state index in [1.807, 2.05) is 24.5 Å². The predicted octanol–water partition coefficient (Wildman–Crippen LogP) is 3.34. The van der Waals surface area contributed by atoms with E-state index in [1.54, 1.807) is 12.4 Å². The van der Waals surface area contributed by atoms with Gasteiger partial charge in [-0.2, -0.15) is 5.10 Å². The van der Waals surface area contributed by atoms with Crippen LogP contribution in [0.4, 0.5) is 0 Å². The average Bonchev–Trinajstić information content (AvgIpc) is 2.31. The van der Waals surface area contributed by atoms with Crippen molar-refractivity contribution >= 4 is 61.8 Å². The molecule has 0 atom stereocenters. The summed E-state index contributed by atoms with van der Waals surface area (Å²) in [6.45, 7) is 0. The summed E-state index contributed by atoms with van der Waals surface area (Å²) in [5.74, 6) is 0. The Balaban J connectivity index is 0.000000673. The molecule has 0 fully saturated rings. The zero-order chi connectivity index (χ0) is 12.2. The van der Waals surface area contributed by atoms with Crippen LogP contribution in [0.15, 0.2) is 29.5 Å².